The van der Waals surface area contributed by atoms with Gasteiger partial charge in [-0.25, -0.2) is 9.80 Å². The summed E-state index contributed by atoms with van der Waals surface area (Å²) in [6.07, 6.45) is 3.98. The molecule has 0 saturated carbocycles. The first-order chi connectivity index (χ1) is 13.5. The molecule has 28 heavy (non-hydrogen) atoms. The minimum absolute atomic E-state index is 0.00161. The summed E-state index contributed by atoms with van der Waals surface area (Å²) in [6, 6.07) is 8.17. The van der Waals surface area contributed by atoms with Crippen LogP contribution in [0.3, 0.4) is 0 Å². The summed E-state index contributed by atoms with van der Waals surface area (Å²) in [5.41, 5.74) is 1.15. The Balaban J connectivity index is 1.70. The van der Waals surface area contributed by atoms with Crippen molar-refractivity contribution in [2.24, 2.45) is 0 Å². The van der Waals surface area contributed by atoms with E-state index in [9.17, 15) is 19.8 Å². The molecule has 152 valence electrons. The molecule has 0 aliphatic carbocycles. The lowest BCUT2D eigenvalue weighted by Gasteiger charge is -2.42. The summed E-state index contributed by atoms with van der Waals surface area (Å²) in [4.78, 5) is 24.8. The molecule has 0 aromatic heterocycles. The smallest absolute Gasteiger partial charge is 0.328 e. The van der Waals surface area contributed by atoms with Crippen molar-refractivity contribution in [2.45, 2.75) is 56.7 Å². The van der Waals surface area contributed by atoms with Crippen LogP contribution in [0.1, 0.15) is 37.7 Å². The number of hydrogen-bond acceptors (Lipinski definition) is 5. The second-order valence-electron chi connectivity index (χ2n) is 7.56. The molecule has 0 spiro atoms. The summed E-state index contributed by atoms with van der Waals surface area (Å²) < 4.78 is 0. The van der Waals surface area contributed by atoms with Crippen molar-refractivity contribution in [3.05, 3.63) is 48.2 Å². The number of aliphatic carboxylic acids is 1. The van der Waals surface area contributed by atoms with Gasteiger partial charge in [-0.1, -0.05) is 36.9 Å². The largest absolute Gasteiger partial charge is 0.511 e. The second kappa shape index (κ2) is 9.21. The number of nitrogens with zero attached hydrogens (tertiary/aromatic N) is 2. The van der Waals surface area contributed by atoms with Gasteiger partial charge in [-0.15, -0.1) is 0 Å². The van der Waals surface area contributed by atoms with Crippen LogP contribution in [-0.4, -0.2) is 63.3 Å². The fourth-order valence-electron chi connectivity index (χ4n) is 4.10. The summed E-state index contributed by atoms with van der Waals surface area (Å²) >= 11 is 0. The molecule has 2 saturated heterocycles. The Kier molecular flexibility index (Phi) is 6.70. The summed E-state index contributed by atoms with van der Waals surface area (Å²) in [5, 5.41) is 26.2. The lowest BCUT2D eigenvalue weighted by Crippen LogP contribution is -2.61. The lowest BCUT2D eigenvalue weighted by molar-refractivity contribution is -0.174. The first kappa shape index (κ1) is 20.4. The fourth-order valence-corrected chi connectivity index (χ4v) is 4.10. The summed E-state index contributed by atoms with van der Waals surface area (Å²) in [5.74, 6) is -1.19. The number of hydrazine groups is 1. The number of fused-ring (bicyclic) bond motifs is 1. The molecule has 7 nitrogen and oxygen atoms in total. The lowest BCUT2D eigenvalue weighted by atomic mass is 10.0. The van der Waals surface area contributed by atoms with Gasteiger partial charge in [-0.3, -0.25) is 15.1 Å². The zero-order valence-corrected chi connectivity index (χ0v) is 16.1. The van der Waals surface area contributed by atoms with Crippen molar-refractivity contribution in [1.29, 1.82) is 0 Å². The number of nitrogens with one attached hydrogen (secondary N) is 1. The highest BCUT2D eigenvalue weighted by molar-refractivity contribution is 5.87. The van der Waals surface area contributed by atoms with Gasteiger partial charge in [-0.05, 0) is 44.1 Å². The van der Waals surface area contributed by atoms with E-state index in [0.29, 0.717) is 32.4 Å². The third-order valence-electron chi connectivity index (χ3n) is 5.58. The van der Waals surface area contributed by atoms with Crippen LogP contribution in [0.25, 0.3) is 0 Å². The van der Waals surface area contributed by atoms with Gasteiger partial charge < -0.3 is 10.2 Å². The van der Waals surface area contributed by atoms with E-state index in [4.69, 9.17) is 0 Å². The Labute approximate surface area is 165 Å². The van der Waals surface area contributed by atoms with Crippen LogP contribution < -0.4 is 5.32 Å². The van der Waals surface area contributed by atoms with E-state index in [-0.39, 0.29) is 11.7 Å². The predicted molar refractivity (Wildman–Crippen MR) is 106 cm³/mol. The van der Waals surface area contributed by atoms with Gasteiger partial charge in [0.05, 0.1) is 12.1 Å². The van der Waals surface area contributed by atoms with Gasteiger partial charge in [0.15, 0.2) is 0 Å². The van der Waals surface area contributed by atoms with Gasteiger partial charge in [0.1, 0.15) is 11.8 Å². The minimum atomic E-state index is -0.967. The molecule has 2 heterocycles. The molecule has 3 N–H and O–H groups in total. The van der Waals surface area contributed by atoms with Crippen LogP contribution in [0.5, 0.6) is 0 Å². The topological polar surface area (TPSA) is 93.1 Å². The third-order valence-corrected chi connectivity index (χ3v) is 5.58. The molecule has 0 unspecified atom stereocenters. The maximum atomic E-state index is 13.2. The molecular weight excluding hydrogens is 358 g/mol. The Morgan fingerprint density at radius 1 is 1.18 bits per heavy atom. The van der Waals surface area contributed by atoms with E-state index < -0.39 is 24.1 Å². The zero-order valence-electron chi connectivity index (χ0n) is 16.1. The minimum Gasteiger partial charge on any atom is -0.511 e. The maximum Gasteiger partial charge on any atom is 0.328 e. The van der Waals surface area contributed by atoms with Gasteiger partial charge in [0, 0.05) is 13.1 Å². The van der Waals surface area contributed by atoms with E-state index in [1.165, 1.54) is 5.01 Å². The van der Waals surface area contributed by atoms with E-state index in [2.05, 4.69) is 11.9 Å². The number of aliphatic hydroxyl groups excluding tert-OH is 1. The number of hydrogen-bond donors (Lipinski definition) is 3. The number of carboxylic acid groups (broad SMARTS) is 1. The molecule has 2 fully saturated rings. The van der Waals surface area contributed by atoms with Crippen LogP contribution in [0.2, 0.25) is 0 Å². The number of carboxylic acids is 1. The molecule has 1 aromatic rings. The average molecular weight is 387 g/mol. The van der Waals surface area contributed by atoms with Crippen molar-refractivity contribution < 1.29 is 19.8 Å². The highest BCUT2D eigenvalue weighted by Gasteiger charge is 2.42. The van der Waals surface area contributed by atoms with Gasteiger partial charge in [0.2, 0.25) is 0 Å². The molecule has 7 heteroatoms. The van der Waals surface area contributed by atoms with E-state index in [1.807, 2.05) is 35.3 Å². The molecule has 3 atom stereocenters. The molecule has 1 aromatic carbocycles. The molecule has 0 bridgehead atoms. The zero-order chi connectivity index (χ0) is 20.1. The van der Waals surface area contributed by atoms with Crippen LogP contribution in [0.4, 0.5) is 0 Å². The van der Waals surface area contributed by atoms with Crippen molar-refractivity contribution in [1.82, 2.24) is 15.3 Å². The first-order valence-electron chi connectivity index (χ1n) is 9.96. The van der Waals surface area contributed by atoms with Crippen LogP contribution in [-0.2, 0) is 16.0 Å². The quantitative estimate of drug-likeness (QED) is 0.621. The number of aryl methyl sites for hydroxylation is 1. The molecule has 0 radical (unpaired) electrons. The predicted octanol–water partition coefficient (Wildman–Crippen LogP) is 2.10. The second-order valence-corrected chi connectivity index (χ2v) is 7.56. The number of carbonyl (C=O) groups excluding carboxylic acids is 1. The molecular formula is C21H29N3O4. The van der Waals surface area contributed by atoms with Crippen molar-refractivity contribution >= 4 is 11.9 Å². The Hall–Kier alpha value is -2.38. The normalized spacial score (nSPS) is 24.3. The highest BCUT2D eigenvalue weighted by atomic mass is 16.4. The van der Waals surface area contributed by atoms with Gasteiger partial charge in [-0.2, -0.15) is 0 Å². The van der Waals surface area contributed by atoms with E-state index >= 15 is 0 Å². The van der Waals surface area contributed by atoms with Crippen LogP contribution in [0, 0.1) is 0 Å². The Morgan fingerprint density at radius 3 is 2.50 bits per heavy atom. The van der Waals surface area contributed by atoms with Gasteiger partial charge >= 0.3 is 5.97 Å². The Bertz CT molecular complexity index is 709. The molecule has 2 aliphatic rings. The SMILES string of the molecule is C=C(O)[C@H](CCc1ccccc1)N[C@H]1CCCN2CCC[C@@H](C(=O)O)N2C1=O. The monoisotopic (exact) mass is 387 g/mol. The van der Waals surface area contributed by atoms with Crippen molar-refractivity contribution in [3.8, 4) is 0 Å². The number of carbonyl (C=O) groups is 2. The molecule has 3 rings (SSSR count). The standard InChI is InChI=1S/C21H29N3O4/c1-15(25)17(12-11-16-7-3-2-4-8-16)22-18-9-5-13-23-14-6-10-19(21(27)28)24(23)20(18)26/h2-4,7-8,17-19,22,25H,1,5-6,9-14H2,(H,27,28)/t17-,18-,19-/m0/s1. The van der Waals surface area contributed by atoms with Crippen LogP contribution in [0.15, 0.2) is 42.7 Å². The molecule has 2 aliphatic heterocycles. The number of benzene rings is 1. The van der Waals surface area contributed by atoms with Crippen LogP contribution >= 0.6 is 0 Å². The summed E-state index contributed by atoms with van der Waals surface area (Å²) in [6.45, 7) is 5.04. The van der Waals surface area contributed by atoms with Crippen molar-refractivity contribution in [2.75, 3.05) is 13.1 Å². The van der Waals surface area contributed by atoms with E-state index in [0.717, 1.165) is 24.8 Å². The number of rotatable bonds is 7. The Morgan fingerprint density at radius 2 is 1.86 bits per heavy atom. The highest BCUT2D eigenvalue weighted by Crippen LogP contribution is 2.24. The third kappa shape index (κ3) is 4.72. The fraction of sp³-hybridized carbons (Fsp3) is 0.524. The summed E-state index contributed by atoms with van der Waals surface area (Å²) in [7, 11) is 0. The van der Waals surface area contributed by atoms with Crippen molar-refractivity contribution in [3.63, 3.8) is 0 Å². The molecule has 1 amide bonds. The maximum absolute atomic E-state index is 13.2. The van der Waals surface area contributed by atoms with E-state index in [1.54, 1.807) is 0 Å². The average Bonchev–Trinajstić information content (AvgIpc) is 2.84. The number of aliphatic hydroxyl groups is 1. The number of amides is 1. The van der Waals surface area contributed by atoms with Gasteiger partial charge in [0.25, 0.3) is 5.91 Å². The first-order valence-corrected chi connectivity index (χ1v) is 9.96.